The van der Waals surface area contributed by atoms with Crippen molar-refractivity contribution in [3.63, 3.8) is 0 Å². The van der Waals surface area contributed by atoms with Gasteiger partial charge in [0.15, 0.2) is 6.29 Å². The quantitative estimate of drug-likeness (QED) is 0.689. The average Bonchev–Trinajstić information content (AvgIpc) is 2.67. The minimum atomic E-state index is -0.136. The SMILES string of the molecule is CCC1CCCC1NC(C)C(OC)OC. The Bertz CT molecular complexity index is 171. The zero-order chi connectivity index (χ0) is 11.3. The molecule has 0 heterocycles. The Balaban J connectivity index is 2.39. The lowest BCUT2D eigenvalue weighted by Gasteiger charge is -2.28. The van der Waals surface area contributed by atoms with Gasteiger partial charge in [-0.15, -0.1) is 0 Å². The molecule has 0 aliphatic heterocycles. The second-order valence-electron chi connectivity index (χ2n) is 4.50. The van der Waals surface area contributed by atoms with E-state index < -0.39 is 0 Å². The summed E-state index contributed by atoms with van der Waals surface area (Å²) in [4.78, 5) is 0. The van der Waals surface area contributed by atoms with Crippen LogP contribution in [0, 0.1) is 5.92 Å². The lowest BCUT2D eigenvalue weighted by Crippen LogP contribution is -2.46. The monoisotopic (exact) mass is 215 g/mol. The normalized spacial score (nSPS) is 28.6. The van der Waals surface area contributed by atoms with Gasteiger partial charge in [-0.2, -0.15) is 0 Å². The summed E-state index contributed by atoms with van der Waals surface area (Å²) < 4.78 is 10.5. The molecule has 3 atom stereocenters. The third kappa shape index (κ3) is 3.44. The predicted octanol–water partition coefficient (Wildman–Crippen LogP) is 2.16. The minimum Gasteiger partial charge on any atom is -0.354 e. The molecule has 1 saturated carbocycles. The maximum atomic E-state index is 5.26. The van der Waals surface area contributed by atoms with E-state index in [2.05, 4.69) is 19.2 Å². The Morgan fingerprint density at radius 1 is 1.27 bits per heavy atom. The first-order valence-electron chi connectivity index (χ1n) is 6.04. The van der Waals surface area contributed by atoms with E-state index in [0.717, 1.165) is 5.92 Å². The number of ether oxygens (including phenoxy) is 2. The number of nitrogens with one attached hydrogen (secondary N) is 1. The molecule has 0 aromatic carbocycles. The number of rotatable bonds is 6. The van der Waals surface area contributed by atoms with Crippen LogP contribution in [-0.4, -0.2) is 32.6 Å². The van der Waals surface area contributed by atoms with Crippen molar-refractivity contribution < 1.29 is 9.47 Å². The fourth-order valence-electron chi connectivity index (χ4n) is 2.67. The van der Waals surface area contributed by atoms with Crippen LogP contribution >= 0.6 is 0 Å². The first kappa shape index (κ1) is 12.9. The van der Waals surface area contributed by atoms with E-state index in [1.54, 1.807) is 14.2 Å². The number of hydrogen-bond donors (Lipinski definition) is 1. The molecule has 0 spiro atoms. The molecule has 0 aromatic heterocycles. The molecular weight excluding hydrogens is 190 g/mol. The number of methoxy groups -OCH3 is 2. The van der Waals surface area contributed by atoms with Gasteiger partial charge in [0.25, 0.3) is 0 Å². The summed E-state index contributed by atoms with van der Waals surface area (Å²) in [7, 11) is 3.39. The van der Waals surface area contributed by atoms with Gasteiger partial charge in [-0.1, -0.05) is 19.8 Å². The van der Waals surface area contributed by atoms with Crippen LogP contribution in [-0.2, 0) is 9.47 Å². The van der Waals surface area contributed by atoms with E-state index in [4.69, 9.17) is 9.47 Å². The molecule has 1 fully saturated rings. The van der Waals surface area contributed by atoms with Crippen molar-refractivity contribution in [3.8, 4) is 0 Å². The molecule has 0 saturated heterocycles. The Morgan fingerprint density at radius 3 is 2.47 bits per heavy atom. The molecule has 1 aliphatic rings. The van der Waals surface area contributed by atoms with Crippen molar-refractivity contribution in [1.29, 1.82) is 0 Å². The van der Waals surface area contributed by atoms with Gasteiger partial charge in [0.1, 0.15) is 0 Å². The Labute approximate surface area is 93.5 Å². The highest BCUT2D eigenvalue weighted by molar-refractivity contribution is 4.84. The molecule has 0 aromatic rings. The van der Waals surface area contributed by atoms with Gasteiger partial charge in [-0.25, -0.2) is 0 Å². The maximum absolute atomic E-state index is 5.26. The van der Waals surface area contributed by atoms with Crippen molar-refractivity contribution >= 4 is 0 Å². The molecule has 0 radical (unpaired) electrons. The zero-order valence-corrected chi connectivity index (χ0v) is 10.5. The van der Waals surface area contributed by atoms with E-state index >= 15 is 0 Å². The number of hydrogen-bond acceptors (Lipinski definition) is 3. The summed E-state index contributed by atoms with van der Waals surface area (Å²) in [5, 5.41) is 3.63. The molecule has 15 heavy (non-hydrogen) atoms. The lowest BCUT2D eigenvalue weighted by atomic mass is 10.00. The first-order chi connectivity index (χ1) is 7.22. The highest BCUT2D eigenvalue weighted by Crippen LogP contribution is 2.28. The second-order valence-corrected chi connectivity index (χ2v) is 4.50. The van der Waals surface area contributed by atoms with Gasteiger partial charge in [0.05, 0.1) is 6.04 Å². The van der Waals surface area contributed by atoms with E-state index in [9.17, 15) is 0 Å². The summed E-state index contributed by atoms with van der Waals surface area (Å²) in [6, 6.07) is 0.912. The standard InChI is InChI=1S/C12H25NO2/c1-5-10-7-6-8-11(10)13-9(2)12(14-3)15-4/h9-13H,5-8H2,1-4H3. The summed E-state index contributed by atoms with van der Waals surface area (Å²) in [6.07, 6.45) is 5.15. The zero-order valence-electron chi connectivity index (χ0n) is 10.5. The molecule has 3 heteroatoms. The fourth-order valence-corrected chi connectivity index (χ4v) is 2.67. The Kier molecular flexibility index (Phi) is 5.58. The van der Waals surface area contributed by atoms with Crippen molar-refractivity contribution in [1.82, 2.24) is 5.32 Å². The van der Waals surface area contributed by atoms with Crippen molar-refractivity contribution in [2.45, 2.75) is 57.9 Å². The summed E-state index contributed by atoms with van der Waals surface area (Å²) >= 11 is 0. The highest BCUT2D eigenvalue weighted by atomic mass is 16.7. The third-order valence-corrected chi connectivity index (χ3v) is 3.53. The first-order valence-corrected chi connectivity index (χ1v) is 6.04. The Hall–Kier alpha value is -0.120. The molecule has 0 amide bonds. The van der Waals surface area contributed by atoms with Gasteiger partial charge in [0, 0.05) is 20.3 Å². The van der Waals surface area contributed by atoms with E-state index in [-0.39, 0.29) is 12.3 Å². The van der Waals surface area contributed by atoms with Gasteiger partial charge >= 0.3 is 0 Å². The Morgan fingerprint density at radius 2 is 1.93 bits per heavy atom. The van der Waals surface area contributed by atoms with E-state index in [1.165, 1.54) is 25.7 Å². The third-order valence-electron chi connectivity index (χ3n) is 3.53. The average molecular weight is 215 g/mol. The van der Waals surface area contributed by atoms with Crippen LogP contribution < -0.4 is 5.32 Å². The largest absolute Gasteiger partial charge is 0.354 e. The summed E-state index contributed by atoms with van der Waals surface area (Å²) in [5.41, 5.74) is 0. The van der Waals surface area contributed by atoms with Gasteiger partial charge in [0.2, 0.25) is 0 Å². The van der Waals surface area contributed by atoms with Gasteiger partial charge in [-0.3, -0.25) is 0 Å². The molecule has 0 bridgehead atoms. The maximum Gasteiger partial charge on any atom is 0.171 e. The van der Waals surface area contributed by atoms with Gasteiger partial charge in [-0.05, 0) is 25.7 Å². The van der Waals surface area contributed by atoms with E-state index in [0.29, 0.717) is 6.04 Å². The summed E-state index contributed by atoms with van der Waals surface area (Å²) in [6.45, 7) is 4.40. The predicted molar refractivity (Wildman–Crippen MR) is 61.8 cm³/mol. The van der Waals surface area contributed by atoms with Crippen LogP contribution in [0.2, 0.25) is 0 Å². The van der Waals surface area contributed by atoms with E-state index in [1.807, 2.05) is 0 Å². The van der Waals surface area contributed by atoms with Crippen LogP contribution in [0.5, 0.6) is 0 Å². The van der Waals surface area contributed by atoms with Crippen molar-refractivity contribution in [2.75, 3.05) is 14.2 Å². The smallest absolute Gasteiger partial charge is 0.171 e. The van der Waals surface area contributed by atoms with Crippen molar-refractivity contribution in [2.24, 2.45) is 5.92 Å². The second kappa shape index (κ2) is 6.46. The summed E-state index contributed by atoms with van der Waals surface area (Å²) in [5.74, 6) is 0.835. The topological polar surface area (TPSA) is 30.5 Å². The van der Waals surface area contributed by atoms with Gasteiger partial charge < -0.3 is 14.8 Å². The van der Waals surface area contributed by atoms with Crippen molar-refractivity contribution in [3.05, 3.63) is 0 Å². The molecule has 1 rings (SSSR count). The van der Waals surface area contributed by atoms with Crippen LogP contribution in [0.25, 0.3) is 0 Å². The van der Waals surface area contributed by atoms with Crippen LogP contribution in [0.4, 0.5) is 0 Å². The van der Waals surface area contributed by atoms with Crippen LogP contribution in [0.15, 0.2) is 0 Å². The molecular formula is C12H25NO2. The highest BCUT2D eigenvalue weighted by Gasteiger charge is 2.28. The molecule has 90 valence electrons. The molecule has 3 unspecified atom stereocenters. The molecule has 1 N–H and O–H groups in total. The molecule has 1 aliphatic carbocycles. The minimum absolute atomic E-state index is 0.136. The molecule has 3 nitrogen and oxygen atoms in total. The van der Waals surface area contributed by atoms with Crippen LogP contribution in [0.1, 0.15) is 39.5 Å². The fraction of sp³-hybridized carbons (Fsp3) is 1.00. The lowest BCUT2D eigenvalue weighted by molar-refractivity contribution is -0.121. The van der Waals surface area contributed by atoms with Crippen LogP contribution in [0.3, 0.4) is 0 Å².